The van der Waals surface area contributed by atoms with Crippen molar-refractivity contribution in [3.05, 3.63) is 0 Å². The molecule has 0 aromatic heterocycles. The summed E-state index contributed by atoms with van der Waals surface area (Å²) in [6.45, 7) is 6.91. The molecular weight excluding hydrogens is 252 g/mol. The summed E-state index contributed by atoms with van der Waals surface area (Å²) in [6, 6.07) is 3.44. The molecule has 0 spiro atoms. The van der Waals surface area contributed by atoms with Crippen LogP contribution < -0.4 is 0 Å². The Morgan fingerprint density at radius 2 is 1.85 bits per heavy atom. The zero-order valence-corrected chi connectivity index (χ0v) is 12.8. The van der Waals surface area contributed by atoms with E-state index < -0.39 is 0 Å². The lowest BCUT2D eigenvalue weighted by molar-refractivity contribution is 0.00638. The third-order valence-electron chi connectivity index (χ3n) is 5.12. The number of ether oxygens (including phenoxy) is 1. The van der Waals surface area contributed by atoms with Crippen molar-refractivity contribution < 1.29 is 9.84 Å². The monoisotopic (exact) mass is 280 g/mol. The minimum absolute atomic E-state index is 0.141. The molecule has 4 nitrogen and oxygen atoms in total. The van der Waals surface area contributed by atoms with Crippen molar-refractivity contribution in [1.82, 2.24) is 4.90 Å². The number of nitriles is 1. The first-order valence-electron chi connectivity index (χ1n) is 7.99. The number of piperidine rings is 1. The highest BCUT2D eigenvalue weighted by Crippen LogP contribution is 2.35. The van der Waals surface area contributed by atoms with Gasteiger partial charge in [0.05, 0.1) is 17.6 Å². The molecule has 2 saturated heterocycles. The zero-order valence-electron chi connectivity index (χ0n) is 12.8. The molecule has 0 bridgehead atoms. The van der Waals surface area contributed by atoms with E-state index in [1.54, 1.807) is 0 Å². The van der Waals surface area contributed by atoms with Crippen LogP contribution in [0, 0.1) is 16.7 Å². The van der Waals surface area contributed by atoms with Crippen LogP contribution in [0.4, 0.5) is 0 Å². The molecule has 114 valence electrons. The maximum absolute atomic E-state index is 9.79. The first-order valence-corrected chi connectivity index (χ1v) is 7.99. The van der Waals surface area contributed by atoms with E-state index >= 15 is 0 Å². The van der Waals surface area contributed by atoms with E-state index in [0.29, 0.717) is 12.1 Å². The van der Waals surface area contributed by atoms with Gasteiger partial charge in [0.15, 0.2) is 0 Å². The van der Waals surface area contributed by atoms with Crippen molar-refractivity contribution in [2.75, 3.05) is 19.8 Å². The predicted molar refractivity (Wildman–Crippen MR) is 78.2 cm³/mol. The minimum Gasteiger partial charge on any atom is -0.393 e. The second-order valence-electron chi connectivity index (χ2n) is 6.67. The van der Waals surface area contributed by atoms with Gasteiger partial charge in [-0.1, -0.05) is 0 Å². The summed E-state index contributed by atoms with van der Waals surface area (Å²) in [6.07, 6.45) is 5.42. The van der Waals surface area contributed by atoms with Crippen molar-refractivity contribution in [1.29, 1.82) is 5.26 Å². The Morgan fingerprint density at radius 1 is 1.25 bits per heavy atom. The summed E-state index contributed by atoms with van der Waals surface area (Å²) in [5.41, 5.74) is -0.153. The van der Waals surface area contributed by atoms with Gasteiger partial charge in [-0.3, -0.25) is 4.90 Å². The fraction of sp³-hybridized carbons (Fsp3) is 0.938. The molecule has 1 N–H and O–H groups in total. The second kappa shape index (κ2) is 6.89. The molecule has 2 unspecified atom stereocenters. The van der Waals surface area contributed by atoms with Crippen LogP contribution in [-0.4, -0.2) is 48.0 Å². The highest BCUT2D eigenvalue weighted by molar-refractivity contribution is 5.00. The summed E-state index contributed by atoms with van der Waals surface area (Å²) < 4.78 is 5.38. The van der Waals surface area contributed by atoms with E-state index in [1.807, 2.05) is 0 Å². The molecule has 2 rings (SSSR count). The van der Waals surface area contributed by atoms with Crippen molar-refractivity contribution in [2.45, 2.75) is 70.6 Å². The van der Waals surface area contributed by atoms with Gasteiger partial charge in [-0.25, -0.2) is 0 Å². The van der Waals surface area contributed by atoms with Gasteiger partial charge in [0.25, 0.3) is 0 Å². The average molecular weight is 280 g/mol. The number of aliphatic hydroxyl groups excluding tert-OH is 1. The smallest absolute Gasteiger partial charge is 0.0691 e. The van der Waals surface area contributed by atoms with E-state index in [0.717, 1.165) is 58.3 Å². The number of hydrogen-bond donors (Lipinski definition) is 1. The molecule has 0 saturated carbocycles. The van der Waals surface area contributed by atoms with Gasteiger partial charge in [0.1, 0.15) is 0 Å². The van der Waals surface area contributed by atoms with E-state index in [4.69, 9.17) is 4.74 Å². The molecule has 2 fully saturated rings. The maximum Gasteiger partial charge on any atom is 0.0691 e. The van der Waals surface area contributed by atoms with E-state index in [9.17, 15) is 10.4 Å². The number of rotatable bonds is 4. The SMILES string of the molecule is CC1CC(O)CC(C)N1CCCC1(C#N)CCOCC1. The Kier molecular flexibility index (Phi) is 5.42. The lowest BCUT2D eigenvalue weighted by atomic mass is 9.77. The third-order valence-corrected chi connectivity index (χ3v) is 5.12. The fourth-order valence-corrected chi connectivity index (χ4v) is 3.81. The van der Waals surface area contributed by atoms with E-state index in [2.05, 4.69) is 24.8 Å². The second-order valence-corrected chi connectivity index (χ2v) is 6.67. The lowest BCUT2D eigenvalue weighted by Gasteiger charge is -2.41. The van der Waals surface area contributed by atoms with Gasteiger partial charge in [0, 0.05) is 25.3 Å². The van der Waals surface area contributed by atoms with Crippen molar-refractivity contribution in [2.24, 2.45) is 5.41 Å². The Labute approximate surface area is 122 Å². The highest BCUT2D eigenvalue weighted by atomic mass is 16.5. The molecular formula is C16H28N2O2. The topological polar surface area (TPSA) is 56.5 Å². The minimum atomic E-state index is -0.153. The van der Waals surface area contributed by atoms with Crippen LogP contribution in [0.15, 0.2) is 0 Å². The Morgan fingerprint density at radius 3 is 2.40 bits per heavy atom. The van der Waals surface area contributed by atoms with Gasteiger partial charge in [-0.15, -0.1) is 0 Å². The van der Waals surface area contributed by atoms with Gasteiger partial charge in [-0.2, -0.15) is 5.26 Å². The number of hydrogen-bond acceptors (Lipinski definition) is 4. The van der Waals surface area contributed by atoms with Crippen LogP contribution in [0.1, 0.15) is 52.4 Å². The molecule has 2 aliphatic rings. The van der Waals surface area contributed by atoms with Crippen LogP contribution >= 0.6 is 0 Å². The van der Waals surface area contributed by atoms with Crippen molar-refractivity contribution in [3.8, 4) is 6.07 Å². The summed E-state index contributed by atoms with van der Waals surface area (Å²) in [7, 11) is 0. The largest absolute Gasteiger partial charge is 0.393 e. The molecule has 0 aromatic rings. The Balaban J connectivity index is 1.81. The number of likely N-dealkylation sites (tertiary alicyclic amines) is 1. The van der Waals surface area contributed by atoms with Crippen LogP contribution in [0.25, 0.3) is 0 Å². The average Bonchev–Trinajstić information content (AvgIpc) is 2.43. The standard InChI is InChI=1S/C16H28N2O2/c1-13-10-15(19)11-14(2)18(13)7-3-4-16(12-17)5-8-20-9-6-16/h13-15,19H,3-11H2,1-2H3. The van der Waals surface area contributed by atoms with Crippen LogP contribution in [0.2, 0.25) is 0 Å². The van der Waals surface area contributed by atoms with Crippen molar-refractivity contribution in [3.63, 3.8) is 0 Å². The molecule has 0 aromatic carbocycles. The van der Waals surface area contributed by atoms with E-state index in [-0.39, 0.29) is 11.5 Å². The first-order chi connectivity index (χ1) is 9.56. The van der Waals surface area contributed by atoms with Gasteiger partial charge in [0.2, 0.25) is 0 Å². The van der Waals surface area contributed by atoms with E-state index in [1.165, 1.54) is 0 Å². The summed E-state index contributed by atoms with van der Waals surface area (Å²) in [4.78, 5) is 2.50. The van der Waals surface area contributed by atoms with Crippen LogP contribution in [0.3, 0.4) is 0 Å². The summed E-state index contributed by atoms with van der Waals surface area (Å²) in [5, 5.41) is 19.3. The molecule has 2 aliphatic heterocycles. The quantitative estimate of drug-likeness (QED) is 0.858. The van der Waals surface area contributed by atoms with Gasteiger partial charge >= 0.3 is 0 Å². The first kappa shape index (κ1) is 15.8. The van der Waals surface area contributed by atoms with Crippen LogP contribution in [-0.2, 0) is 4.74 Å². The van der Waals surface area contributed by atoms with Gasteiger partial charge in [-0.05, 0) is 58.9 Å². The number of aliphatic hydroxyl groups is 1. The molecule has 2 heterocycles. The predicted octanol–water partition coefficient (Wildman–Crippen LogP) is 2.32. The zero-order chi connectivity index (χ0) is 14.6. The Hall–Kier alpha value is -0.630. The Bertz CT molecular complexity index is 335. The molecule has 2 atom stereocenters. The van der Waals surface area contributed by atoms with Crippen molar-refractivity contribution >= 4 is 0 Å². The van der Waals surface area contributed by atoms with Crippen LogP contribution in [0.5, 0.6) is 0 Å². The molecule has 0 aliphatic carbocycles. The highest BCUT2D eigenvalue weighted by Gasteiger charge is 2.34. The number of nitrogens with zero attached hydrogens (tertiary/aromatic N) is 2. The molecule has 4 heteroatoms. The molecule has 0 amide bonds. The summed E-state index contributed by atoms with van der Waals surface area (Å²) in [5.74, 6) is 0. The lowest BCUT2D eigenvalue weighted by Crippen LogP contribution is -2.48. The maximum atomic E-state index is 9.79. The molecule has 0 radical (unpaired) electrons. The fourth-order valence-electron chi connectivity index (χ4n) is 3.81. The van der Waals surface area contributed by atoms with Gasteiger partial charge < -0.3 is 9.84 Å². The normalized spacial score (nSPS) is 34.6. The summed E-state index contributed by atoms with van der Waals surface area (Å²) >= 11 is 0. The molecule has 20 heavy (non-hydrogen) atoms. The third kappa shape index (κ3) is 3.72.